The molecule has 0 N–H and O–H groups in total. The van der Waals surface area contributed by atoms with Crippen LogP contribution < -0.4 is 10.5 Å². The molecule has 0 atom stereocenters. The Morgan fingerprint density at radius 3 is 2.52 bits per heavy atom. The van der Waals surface area contributed by atoms with E-state index >= 15 is 0 Å². The van der Waals surface area contributed by atoms with E-state index < -0.39 is 0 Å². The highest BCUT2D eigenvalue weighted by atomic mass is 35.5. The number of anilines is 1. The summed E-state index contributed by atoms with van der Waals surface area (Å²) in [5, 5.41) is 1.68. The lowest BCUT2D eigenvalue weighted by molar-refractivity contribution is 0.761. The van der Waals surface area contributed by atoms with Gasteiger partial charge in [0.15, 0.2) is 0 Å². The van der Waals surface area contributed by atoms with Gasteiger partial charge >= 0.3 is 0 Å². The molecule has 0 aliphatic heterocycles. The second kappa shape index (κ2) is 6.09. The van der Waals surface area contributed by atoms with Crippen molar-refractivity contribution in [3.05, 3.63) is 63.9 Å². The molecule has 0 unspecified atom stereocenters. The van der Waals surface area contributed by atoms with E-state index in [4.69, 9.17) is 11.6 Å². The SMILES string of the molecule is CCn1c(=O)c(-c2cccc(Cl)c2)cc2ccc(N(C)C)cc21. The second-order valence-electron chi connectivity index (χ2n) is 5.76. The van der Waals surface area contributed by atoms with Crippen LogP contribution in [0.15, 0.2) is 53.3 Å². The molecule has 23 heavy (non-hydrogen) atoms. The monoisotopic (exact) mass is 326 g/mol. The van der Waals surface area contributed by atoms with Crippen LogP contribution in [-0.4, -0.2) is 18.7 Å². The van der Waals surface area contributed by atoms with Crippen molar-refractivity contribution in [2.45, 2.75) is 13.5 Å². The fraction of sp³-hybridized carbons (Fsp3) is 0.211. The molecule has 3 nitrogen and oxygen atoms in total. The number of hydrogen-bond donors (Lipinski definition) is 0. The first kappa shape index (κ1) is 15.6. The van der Waals surface area contributed by atoms with Crippen molar-refractivity contribution < 1.29 is 0 Å². The third kappa shape index (κ3) is 2.84. The Morgan fingerprint density at radius 1 is 1.09 bits per heavy atom. The van der Waals surface area contributed by atoms with Gasteiger partial charge in [-0.3, -0.25) is 4.79 Å². The number of pyridine rings is 1. The Balaban J connectivity index is 2.32. The van der Waals surface area contributed by atoms with Crippen molar-refractivity contribution in [2.75, 3.05) is 19.0 Å². The molecule has 0 aliphatic carbocycles. The molecule has 3 rings (SSSR count). The first-order valence-electron chi connectivity index (χ1n) is 7.62. The summed E-state index contributed by atoms with van der Waals surface area (Å²) in [6, 6.07) is 15.6. The smallest absolute Gasteiger partial charge is 0.258 e. The van der Waals surface area contributed by atoms with Crippen LogP contribution in [0, 0.1) is 0 Å². The molecule has 0 saturated carbocycles. The van der Waals surface area contributed by atoms with E-state index in [2.05, 4.69) is 18.2 Å². The number of hydrogen-bond acceptors (Lipinski definition) is 2. The van der Waals surface area contributed by atoms with Crippen LogP contribution >= 0.6 is 11.6 Å². The van der Waals surface area contributed by atoms with E-state index in [1.165, 1.54) is 0 Å². The number of rotatable bonds is 3. The average molecular weight is 327 g/mol. The molecule has 1 heterocycles. The van der Waals surface area contributed by atoms with Crippen molar-refractivity contribution in [1.82, 2.24) is 4.57 Å². The normalized spacial score (nSPS) is 11.0. The summed E-state index contributed by atoms with van der Waals surface area (Å²) in [5.74, 6) is 0. The van der Waals surface area contributed by atoms with Crippen LogP contribution in [0.25, 0.3) is 22.0 Å². The molecular weight excluding hydrogens is 308 g/mol. The number of fused-ring (bicyclic) bond motifs is 1. The standard InChI is InChI=1S/C19H19ClN2O/c1-4-22-18-12-16(21(2)3)9-8-14(18)11-17(19(22)23)13-6-5-7-15(20)10-13/h5-12H,4H2,1-3H3. The molecule has 1 aromatic heterocycles. The van der Waals surface area contributed by atoms with Gasteiger partial charge in [0.1, 0.15) is 0 Å². The van der Waals surface area contributed by atoms with Gasteiger partial charge in [-0.05, 0) is 48.2 Å². The summed E-state index contributed by atoms with van der Waals surface area (Å²) in [6.45, 7) is 2.62. The minimum Gasteiger partial charge on any atom is -0.378 e. The van der Waals surface area contributed by atoms with Gasteiger partial charge < -0.3 is 9.47 Å². The Labute approximate surface area is 140 Å². The van der Waals surface area contributed by atoms with Gasteiger partial charge in [-0.25, -0.2) is 0 Å². The summed E-state index contributed by atoms with van der Waals surface area (Å²) in [7, 11) is 3.99. The highest BCUT2D eigenvalue weighted by Crippen LogP contribution is 2.26. The maximum absolute atomic E-state index is 12.9. The number of nitrogens with zero attached hydrogens (tertiary/aromatic N) is 2. The van der Waals surface area contributed by atoms with Gasteiger partial charge in [-0.15, -0.1) is 0 Å². The molecule has 2 aromatic carbocycles. The first-order chi connectivity index (χ1) is 11.0. The van der Waals surface area contributed by atoms with Gasteiger partial charge in [-0.2, -0.15) is 0 Å². The highest BCUT2D eigenvalue weighted by molar-refractivity contribution is 6.30. The van der Waals surface area contributed by atoms with Crippen molar-refractivity contribution in [2.24, 2.45) is 0 Å². The average Bonchev–Trinajstić information content (AvgIpc) is 2.53. The molecule has 4 heteroatoms. The number of halogens is 1. The molecule has 0 fully saturated rings. The second-order valence-corrected chi connectivity index (χ2v) is 6.19. The van der Waals surface area contributed by atoms with Gasteiger partial charge in [0.2, 0.25) is 0 Å². The molecule has 0 saturated heterocycles. The lowest BCUT2D eigenvalue weighted by Crippen LogP contribution is -2.21. The quantitative estimate of drug-likeness (QED) is 0.712. The summed E-state index contributed by atoms with van der Waals surface area (Å²) >= 11 is 6.08. The predicted octanol–water partition coefficient (Wildman–Crippen LogP) is 4.41. The topological polar surface area (TPSA) is 25.2 Å². The van der Waals surface area contributed by atoms with Gasteiger partial charge in [0.25, 0.3) is 5.56 Å². The zero-order chi connectivity index (χ0) is 16.6. The van der Waals surface area contributed by atoms with Crippen LogP contribution in [0.4, 0.5) is 5.69 Å². The Bertz CT molecular complexity index is 928. The Morgan fingerprint density at radius 2 is 1.87 bits per heavy atom. The van der Waals surface area contributed by atoms with E-state index in [-0.39, 0.29) is 5.56 Å². The summed E-state index contributed by atoms with van der Waals surface area (Å²) in [6.07, 6.45) is 0. The molecule has 3 aromatic rings. The number of aryl methyl sites for hydroxylation is 1. The lowest BCUT2D eigenvalue weighted by Gasteiger charge is -2.16. The minimum atomic E-state index is 0.0122. The van der Waals surface area contributed by atoms with E-state index in [9.17, 15) is 4.79 Å². The Kier molecular flexibility index (Phi) is 4.14. The van der Waals surface area contributed by atoms with E-state index in [1.807, 2.05) is 60.8 Å². The summed E-state index contributed by atoms with van der Waals surface area (Å²) in [5.41, 5.74) is 3.57. The molecule has 0 bridgehead atoms. The van der Waals surface area contributed by atoms with E-state index in [1.54, 1.807) is 0 Å². The van der Waals surface area contributed by atoms with Crippen LogP contribution in [0.3, 0.4) is 0 Å². The van der Waals surface area contributed by atoms with Crippen molar-refractivity contribution >= 4 is 28.2 Å². The van der Waals surface area contributed by atoms with Crippen LogP contribution in [0.5, 0.6) is 0 Å². The summed E-state index contributed by atoms with van der Waals surface area (Å²) in [4.78, 5) is 14.9. The number of benzene rings is 2. The largest absolute Gasteiger partial charge is 0.378 e. The van der Waals surface area contributed by atoms with Crippen molar-refractivity contribution in [3.63, 3.8) is 0 Å². The predicted molar refractivity (Wildman–Crippen MR) is 98.7 cm³/mol. The van der Waals surface area contributed by atoms with E-state index in [0.29, 0.717) is 17.1 Å². The summed E-state index contributed by atoms with van der Waals surface area (Å²) < 4.78 is 1.82. The molecule has 0 amide bonds. The zero-order valence-corrected chi connectivity index (χ0v) is 14.3. The fourth-order valence-corrected chi connectivity index (χ4v) is 3.01. The minimum absolute atomic E-state index is 0.0122. The highest BCUT2D eigenvalue weighted by Gasteiger charge is 2.11. The van der Waals surface area contributed by atoms with E-state index in [0.717, 1.165) is 22.2 Å². The molecule has 0 spiro atoms. The Hall–Kier alpha value is -2.26. The molecule has 118 valence electrons. The molecular formula is C19H19ClN2O. The van der Waals surface area contributed by atoms with Crippen LogP contribution in [-0.2, 0) is 6.54 Å². The fourth-order valence-electron chi connectivity index (χ4n) is 2.81. The third-order valence-corrected chi connectivity index (χ3v) is 4.28. The maximum Gasteiger partial charge on any atom is 0.258 e. The maximum atomic E-state index is 12.9. The molecule has 0 aliphatic rings. The van der Waals surface area contributed by atoms with Crippen molar-refractivity contribution in [1.29, 1.82) is 0 Å². The van der Waals surface area contributed by atoms with Gasteiger partial charge in [-0.1, -0.05) is 29.8 Å². The van der Waals surface area contributed by atoms with Gasteiger partial charge in [0.05, 0.1) is 5.52 Å². The zero-order valence-electron chi connectivity index (χ0n) is 13.5. The van der Waals surface area contributed by atoms with Crippen LogP contribution in [0.1, 0.15) is 6.92 Å². The number of aromatic nitrogens is 1. The van der Waals surface area contributed by atoms with Crippen molar-refractivity contribution in [3.8, 4) is 11.1 Å². The van der Waals surface area contributed by atoms with Gasteiger partial charge in [0, 0.05) is 36.9 Å². The first-order valence-corrected chi connectivity index (χ1v) is 8.00. The third-order valence-electron chi connectivity index (χ3n) is 4.05. The lowest BCUT2D eigenvalue weighted by atomic mass is 10.0. The van der Waals surface area contributed by atoms with Crippen LogP contribution in [0.2, 0.25) is 5.02 Å². The molecule has 0 radical (unpaired) electrons.